The summed E-state index contributed by atoms with van der Waals surface area (Å²) in [6, 6.07) is -0.528. The lowest BCUT2D eigenvalue weighted by Gasteiger charge is -2.28. The largest absolute Gasteiger partial charge is 0.444 e. The predicted octanol–water partition coefficient (Wildman–Crippen LogP) is 2.72. The van der Waals surface area contributed by atoms with Crippen molar-refractivity contribution >= 4 is 17.7 Å². The summed E-state index contributed by atoms with van der Waals surface area (Å²) < 4.78 is 5.19. The molecule has 1 N–H and O–H groups in total. The molecule has 0 fully saturated rings. The highest BCUT2D eigenvalue weighted by atomic mass is 16.6. The minimum atomic E-state index is -0.815. The number of carbonyl (C=O) groups is 3. The Kier molecular flexibility index (Phi) is 6.89. The molecule has 0 saturated carbocycles. The third-order valence-corrected chi connectivity index (χ3v) is 2.71. The smallest absolute Gasteiger partial charge is 0.407 e. The van der Waals surface area contributed by atoms with Gasteiger partial charge in [-0.25, -0.2) is 4.79 Å². The lowest BCUT2D eigenvalue weighted by Crippen LogP contribution is -2.47. The Morgan fingerprint density at radius 2 is 1.50 bits per heavy atom. The first-order valence-corrected chi connectivity index (χ1v) is 6.94. The van der Waals surface area contributed by atoms with Gasteiger partial charge in [0.25, 0.3) is 0 Å². The van der Waals surface area contributed by atoms with E-state index in [9.17, 15) is 14.4 Å². The third-order valence-electron chi connectivity index (χ3n) is 2.71. The van der Waals surface area contributed by atoms with Crippen LogP contribution in [0.2, 0.25) is 0 Å². The number of hydrogen-bond donors (Lipinski definition) is 1. The second-order valence-electron chi connectivity index (χ2n) is 6.58. The van der Waals surface area contributed by atoms with Crippen molar-refractivity contribution in [3.8, 4) is 0 Å². The first kappa shape index (κ1) is 18.6. The Bertz CT molecular complexity index is 355. The topological polar surface area (TPSA) is 72.5 Å². The zero-order chi connectivity index (χ0) is 16.1. The summed E-state index contributed by atoms with van der Waals surface area (Å²) in [6.07, 6.45) is -0.0565. The predicted molar refractivity (Wildman–Crippen MR) is 77.5 cm³/mol. The lowest BCUT2D eigenvalue weighted by atomic mass is 9.87. The van der Waals surface area contributed by atoms with E-state index in [0.29, 0.717) is 6.42 Å². The molecule has 0 bridgehead atoms. The monoisotopic (exact) mass is 285 g/mol. The SMILES string of the molecule is CC(=O)C(C(C)=O)[C@@H](CC(C)C)NC(=O)OC(C)(C)C. The molecule has 0 aromatic rings. The Balaban J connectivity index is 5.01. The number of carbonyl (C=O) groups excluding carboxylic acids is 3. The van der Waals surface area contributed by atoms with E-state index in [-0.39, 0.29) is 17.5 Å². The molecule has 0 aliphatic carbocycles. The molecule has 0 aliphatic heterocycles. The van der Waals surface area contributed by atoms with Gasteiger partial charge in [-0.05, 0) is 47.0 Å². The van der Waals surface area contributed by atoms with E-state index in [1.165, 1.54) is 13.8 Å². The molecule has 0 unspecified atom stereocenters. The van der Waals surface area contributed by atoms with Gasteiger partial charge in [0.2, 0.25) is 0 Å². The first-order chi connectivity index (χ1) is 8.94. The van der Waals surface area contributed by atoms with Crippen LogP contribution in [0.15, 0.2) is 0 Å². The van der Waals surface area contributed by atoms with Crippen molar-refractivity contribution in [1.29, 1.82) is 0 Å². The summed E-state index contributed by atoms with van der Waals surface area (Å²) in [4.78, 5) is 35.2. The minimum Gasteiger partial charge on any atom is -0.444 e. The number of alkyl carbamates (subject to hydrolysis) is 1. The van der Waals surface area contributed by atoms with Crippen LogP contribution in [0, 0.1) is 11.8 Å². The highest BCUT2D eigenvalue weighted by Crippen LogP contribution is 2.17. The van der Waals surface area contributed by atoms with Crippen LogP contribution in [0.5, 0.6) is 0 Å². The van der Waals surface area contributed by atoms with Crippen LogP contribution in [-0.4, -0.2) is 29.3 Å². The molecule has 1 atom stereocenters. The Morgan fingerprint density at radius 3 is 1.80 bits per heavy atom. The lowest BCUT2D eigenvalue weighted by molar-refractivity contribution is -0.131. The fraction of sp³-hybridized carbons (Fsp3) is 0.800. The van der Waals surface area contributed by atoms with Gasteiger partial charge in [-0.1, -0.05) is 13.8 Å². The van der Waals surface area contributed by atoms with E-state index in [1.54, 1.807) is 20.8 Å². The van der Waals surface area contributed by atoms with E-state index in [0.717, 1.165) is 0 Å². The molecule has 0 heterocycles. The van der Waals surface area contributed by atoms with Crippen molar-refractivity contribution in [1.82, 2.24) is 5.32 Å². The quantitative estimate of drug-likeness (QED) is 0.762. The van der Waals surface area contributed by atoms with E-state index in [2.05, 4.69) is 5.32 Å². The fourth-order valence-electron chi connectivity index (χ4n) is 2.10. The zero-order valence-electron chi connectivity index (χ0n) is 13.6. The second-order valence-corrected chi connectivity index (χ2v) is 6.58. The number of amides is 1. The zero-order valence-corrected chi connectivity index (χ0v) is 13.6. The van der Waals surface area contributed by atoms with Crippen LogP contribution >= 0.6 is 0 Å². The van der Waals surface area contributed by atoms with Crippen LogP contribution in [0.3, 0.4) is 0 Å². The normalized spacial score (nSPS) is 13.2. The maximum Gasteiger partial charge on any atom is 0.407 e. The van der Waals surface area contributed by atoms with Crippen LogP contribution in [0.4, 0.5) is 4.79 Å². The summed E-state index contributed by atoms with van der Waals surface area (Å²) in [7, 11) is 0. The summed E-state index contributed by atoms with van der Waals surface area (Å²) in [5, 5.41) is 2.66. The molecule has 0 radical (unpaired) electrons. The van der Waals surface area contributed by atoms with Gasteiger partial charge in [-0.2, -0.15) is 0 Å². The van der Waals surface area contributed by atoms with Crippen LogP contribution in [0.25, 0.3) is 0 Å². The molecular formula is C15H27NO4. The summed E-state index contributed by atoms with van der Waals surface area (Å²) in [5.74, 6) is -1.04. The molecular weight excluding hydrogens is 258 g/mol. The van der Waals surface area contributed by atoms with Gasteiger partial charge in [-0.3, -0.25) is 9.59 Å². The van der Waals surface area contributed by atoms with Gasteiger partial charge in [0.1, 0.15) is 17.2 Å². The summed E-state index contributed by atoms with van der Waals surface area (Å²) in [6.45, 7) is 12.0. The van der Waals surface area contributed by atoms with Crippen molar-refractivity contribution in [2.45, 2.75) is 66.5 Å². The van der Waals surface area contributed by atoms with Crippen molar-refractivity contribution in [3.63, 3.8) is 0 Å². The number of ketones is 2. The number of nitrogens with one attached hydrogen (secondary N) is 1. The first-order valence-electron chi connectivity index (χ1n) is 6.94. The minimum absolute atomic E-state index is 0.237. The molecule has 5 heteroatoms. The van der Waals surface area contributed by atoms with Gasteiger partial charge in [0.15, 0.2) is 0 Å². The van der Waals surface area contributed by atoms with Gasteiger partial charge in [-0.15, -0.1) is 0 Å². The molecule has 1 amide bonds. The average molecular weight is 285 g/mol. The molecule has 20 heavy (non-hydrogen) atoms. The Labute approximate surface area is 121 Å². The van der Waals surface area contributed by atoms with Gasteiger partial charge in [0, 0.05) is 6.04 Å². The molecule has 0 aromatic heterocycles. The van der Waals surface area contributed by atoms with E-state index < -0.39 is 23.7 Å². The summed E-state index contributed by atoms with van der Waals surface area (Å²) in [5.41, 5.74) is -0.617. The van der Waals surface area contributed by atoms with Crippen LogP contribution in [-0.2, 0) is 14.3 Å². The molecule has 116 valence electrons. The number of ether oxygens (including phenoxy) is 1. The van der Waals surface area contributed by atoms with Crippen molar-refractivity contribution in [2.24, 2.45) is 11.8 Å². The Morgan fingerprint density at radius 1 is 1.05 bits per heavy atom. The number of rotatable bonds is 6. The van der Waals surface area contributed by atoms with Gasteiger partial charge in [0.05, 0.1) is 5.92 Å². The molecule has 0 aromatic carbocycles. The third kappa shape index (κ3) is 7.26. The number of Topliss-reactive ketones (excluding diaryl/α,β-unsaturated/α-hetero) is 2. The average Bonchev–Trinajstić information content (AvgIpc) is 2.10. The van der Waals surface area contributed by atoms with Crippen molar-refractivity contribution < 1.29 is 19.1 Å². The molecule has 0 saturated heterocycles. The van der Waals surface area contributed by atoms with Crippen LogP contribution < -0.4 is 5.32 Å². The van der Waals surface area contributed by atoms with Crippen molar-refractivity contribution in [3.05, 3.63) is 0 Å². The summed E-state index contributed by atoms with van der Waals surface area (Å²) >= 11 is 0. The van der Waals surface area contributed by atoms with E-state index in [4.69, 9.17) is 4.74 Å². The van der Waals surface area contributed by atoms with E-state index in [1.807, 2.05) is 13.8 Å². The number of hydrogen-bond acceptors (Lipinski definition) is 4. The van der Waals surface area contributed by atoms with E-state index >= 15 is 0 Å². The molecule has 0 rings (SSSR count). The van der Waals surface area contributed by atoms with Gasteiger partial charge >= 0.3 is 6.09 Å². The molecule has 0 spiro atoms. The highest BCUT2D eigenvalue weighted by molar-refractivity contribution is 6.01. The standard InChI is InChI=1S/C15H27NO4/c1-9(2)8-12(13(10(3)17)11(4)18)16-14(19)20-15(5,6)7/h9,12-13H,8H2,1-7H3,(H,16,19)/t12-/m1/s1. The molecule has 0 aliphatic rings. The maximum absolute atomic E-state index is 11.8. The van der Waals surface area contributed by atoms with Crippen molar-refractivity contribution in [2.75, 3.05) is 0 Å². The maximum atomic E-state index is 11.8. The highest BCUT2D eigenvalue weighted by Gasteiger charge is 2.32. The van der Waals surface area contributed by atoms with Gasteiger partial charge < -0.3 is 10.1 Å². The molecule has 5 nitrogen and oxygen atoms in total. The fourth-order valence-corrected chi connectivity index (χ4v) is 2.10. The Hall–Kier alpha value is -1.39. The van der Waals surface area contributed by atoms with Crippen LogP contribution in [0.1, 0.15) is 54.9 Å². The second kappa shape index (κ2) is 7.41.